The Hall–Kier alpha value is -0.390. The van der Waals surface area contributed by atoms with E-state index in [1.807, 2.05) is 6.07 Å². The van der Waals surface area contributed by atoms with Gasteiger partial charge in [-0.25, -0.2) is 4.98 Å². The summed E-state index contributed by atoms with van der Waals surface area (Å²) in [4.78, 5) is 6.04. The van der Waals surface area contributed by atoms with Crippen LogP contribution in [0.3, 0.4) is 0 Å². The van der Waals surface area contributed by atoms with Crippen molar-refractivity contribution in [1.29, 1.82) is 0 Å². The number of thiazole rings is 1. The number of nitrogens with zero attached hydrogens (tertiary/aromatic N) is 1. The number of hydrogen-bond donors (Lipinski definition) is 1. The Kier molecular flexibility index (Phi) is 5.16. The molecule has 2 aromatic rings. The lowest BCUT2D eigenvalue weighted by Gasteiger charge is -2.16. The Morgan fingerprint density at radius 1 is 1.24 bits per heavy atom. The zero-order valence-corrected chi connectivity index (χ0v) is 16.9. The number of nitrogens with one attached hydrogen (secondary N) is 1. The lowest BCUT2D eigenvalue weighted by Crippen LogP contribution is -2.10. The molecule has 0 bridgehead atoms. The zero-order valence-electron chi connectivity index (χ0n) is 12.9. The predicted octanol–water partition coefficient (Wildman–Crippen LogP) is 6.45. The first-order valence-corrected chi connectivity index (χ1v) is 9.28. The first kappa shape index (κ1) is 17.0. The van der Waals surface area contributed by atoms with Gasteiger partial charge in [-0.05, 0) is 48.0 Å². The van der Waals surface area contributed by atoms with Gasteiger partial charge in [0.15, 0.2) is 0 Å². The van der Waals surface area contributed by atoms with E-state index in [0.29, 0.717) is 0 Å². The summed E-state index contributed by atoms with van der Waals surface area (Å²) in [6, 6.07) is 6.40. The van der Waals surface area contributed by atoms with Crippen LogP contribution < -0.4 is 5.32 Å². The van der Waals surface area contributed by atoms with Crippen LogP contribution in [-0.4, -0.2) is 4.98 Å². The molecule has 1 aromatic heterocycles. The average Bonchev–Trinajstić information content (AvgIpc) is 2.75. The van der Waals surface area contributed by atoms with E-state index in [2.05, 4.69) is 83.9 Å². The minimum atomic E-state index is 0.103. The van der Waals surface area contributed by atoms with E-state index in [-0.39, 0.29) is 11.5 Å². The maximum absolute atomic E-state index is 4.74. The van der Waals surface area contributed by atoms with Gasteiger partial charge < -0.3 is 5.32 Å². The van der Waals surface area contributed by atoms with E-state index >= 15 is 0 Å². The van der Waals surface area contributed by atoms with Gasteiger partial charge in [0.25, 0.3) is 0 Å². The van der Waals surface area contributed by atoms with Crippen LogP contribution in [0.2, 0.25) is 0 Å². The van der Waals surface area contributed by atoms with Crippen LogP contribution in [-0.2, 0) is 5.41 Å². The smallest absolute Gasteiger partial charge is 0.0985 e. The van der Waals surface area contributed by atoms with Crippen LogP contribution in [0.15, 0.2) is 27.1 Å². The standard InChI is InChI=1S/C16H20Br2N2S/c1-9(19-13-7-6-11(17)8-12(13)18)14-10(2)20-15(21-14)16(3,4)5/h6-9,19H,1-5H3. The minimum Gasteiger partial charge on any atom is -0.377 e. The summed E-state index contributed by atoms with van der Waals surface area (Å²) >= 11 is 8.88. The van der Waals surface area contributed by atoms with Crippen molar-refractivity contribution in [3.05, 3.63) is 42.7 Å². The monoisotopic (exact) mass is 430 g/mol. The molecule has 21 heavy (non-hydrogen) atoms. The second kappa shape index (κ2) is 6.39. The third kappa shape index (κ3) is 4.08. The summed E-state index contributed by atoms with van der Waals surface area (Å²) in [5.41, 5.74) is 2.32. The third-order valence-corrected chi connectivity index (χ3v) is 6.09. The van der Waals surface area contributed by atoms with E-state index in [1.54, 1.807) is 11.3 Å². The highest BCUT2D eigenvalue weighted by molar-refractivity contribution is 9.11. The molecule has 0 aliphatic heterocycles. The summed E-state index contributed by atoms with van der Waals surface area (Å²) < 4.78 is 2.12. The highest BCUT2D eigenvalue weighted by Gasteiger charge is 2.22. The van der Waals surface area contributed by atoms with Crippen molar-refractivity contribution in [3.8, 4) is 0 Å². The molecule has 5 heteroatoms. The van der Waals surface area contributed by atoms with E-state index in [0.717, 1.165) is 20.3 Å². The van der Waals surface area contributed by atoms with Gasteiger partial charge in [0.2, 0.25) is 0 Å². The fourth-order valence-corrected chi connectivity index (χ4v) is 4.32. The number of aromatic nitrogens is 1. The molecule has 1 atom stereocenters. The summed E-state index contributed by atoms with van der Waals surface area (Å²) in [5, 5.41) is 4.76. The normalized spacial score (nSPS) is 13.3. The van der Waals surface area contributed by atoms with Gasteiger partial charge in [-0.1, -0.05) is 36.7 Å². The highest BCUT2D eigenvalue weighted by atomic mass is 79.9. The summed E-state index contributed by atoms with van der Waals surface area (Å²) in [5.74, 6) is 0. The van der Waals surface area contributed by atoms with Crippen LogP contribution in [0, 0.1) is 6.92 Å². The number of aryl methyl sites for hydroxylation is 1. The summed E-state index contributed by atoms with van der Waals surface area (Å²) in [6.07, 6.45) is 0. The van der Waals surface area contributed by atoms with E-state index in [9.17, 15) is 0 Å². The number of anilines is 1. The molecule has 0 spiro atoms. The van der Waals surface area contributed by atoms with Crippen molar-refractivity contribution in [3.63, 3.8) is 0 Å². The molecule has 0 saturated heterocycles. The van der Waals surface area contributed by atoms with Gasteiger partial charge in [-0.15, -0.1) is 11.3 Å². The number of rotatable bonds is 3. The second-order valence-corrected chi connectivity index (χ2v) is 9.01. The molecule has 0 fully saturated rings. The molecule has 0 aliphatic carbocycles. The molecule has 0 saturated carbocycles. The Balaban J connectivity index is 2.24. The fourth-order valence-electron chi connectivity index (χ4n) is 2.04. The van der Waals surface area contributed by atoms with Crippen molar-refractivity contribution in [2.75, 3.05) is 5.32 Å². The van der Waals surface area contributed by atoms with Gasteiger partial charge in [0.1, 0.15) is 0 Å². The molecule has 1 N–H and O–H groups in total. The first-order chi connectivity index (χ1) is 9.68. The average molecular weight is 432 g/mol. The van der Waals surface area contributed by atoms with Crippen LogP contribution in [0.5, 0.6) is 0 Å². The van der Waals surface area contributed by atoms with Crippen molar-refractivity contribution in [2.45, 2.75) is 46.1 Å². The van der Waals surface area contributed by atoms with Crippen molar-refractivity contribution >= 4 is 48.9 Å². The van der Waals surface area contributed by atoms with Gasteiger partial charge in [0.05, 0.1) is 16.7 Å². The second-order valence-electron chi connectivity index (χ2n) is 6.21. The largest absolute Gasteiger partial charge is 0.377 e. The fraction of sp³-hybridized carbons (Fsp3) is 0.438. The van der Waals surface area contributed by atoms with E-state index < -0.39 is 0 Å². The molecule has 1 unspecified atom stereocenters. The molecule has 114 valence electrons. The summed E-state index contributed by atoms with van der Waals surface area (Å²) in [6.45, 7) is 10.9. The van der Waals surface area contributed by atoms with Crippen molar-refractivity contribution in [2.24, 2.45) is 0 Å². The highest BCUT2D eigenvalue weighted by Crippen LogP contribution is 2.35. The maximum atomic E-state index is 4.74. The lowest BCUT2D eigenvalue weighted by molar-refractivity contribution is 0.584. The van der Waals surface area contributed by atoms with E-state index in [1.165, 1.54) is 9.88 Å². The van der Waals surface area contributed by atoms with Crippen LogP contribution in [0.25, 0.3) is 0 Å². The van der Waals surface area contributed by atoms with Crippen LogP contribution in [0.1, 0.15) is 49.3 Å². The Labute approximate surface area is 147 Å². The number of benzene rings is 1. The molecule has 1 aromatic carbocycles. The zero-order chi connectivity index (χ0) is 15.8. The molecule has 1 heterocycles. The molecular weight excluding hydrogens is 412 g/mol. The van der Waals surface area contributed by atoms with Crippen LogP contribution in [0.4, 0.5) is 5.69 Å². The van der Waals surface area contributed by atoms with Gasteiger partial charge in [0, 0.05) is 24.9 Å². The molecule has 0 amide bonds. The third-order valence-electron chi connectivity index (χ3n) is 3.17. The van der Waals surface area contributed by atoms with Crippen LogP contribution >= 0.6 is 43.2 Å². The lowest BCUT2D eigenvalue weighted by atomic mass is 9.98. The predicted molar refractivity (Wildman–Crippen MR) is 99.4 cm³/mol. The Bertz CT molecular complexity index is 644. The SMILES string of the molecule is Cc1nc(C(C)(C)C)sc1C(C)Nc1ccc(Br)cc1Br. The number of halogens is 2. The topological polar surface area (TPSA) is 24.9 Å². The molecule has 2 nitrogen and oxygen atoms in total. The van der Waals surface area contributed by atoms with Crippen molar-refractivity contribution in [1.82, 2.24) is 4.98 Å². The maximum Gasteiger partial charge on any atom is 0.0985 e. The Morgan fingerprint density at radius 2 is 1.90 bits per heavy atom. The Morgan fingerprint density at radius 3 is 2.43 bits per heavy atom. The molecule has 2 rings (SSSR count). The number of hydrogen-bond acceptors (Lipinski definition) is 3. The molecule has 0 aliphatic rings. The molecule has 0 radical (unpaired) electrons. The van der Waals surface area contributed by atoms with Gasteiger partial charge in [-0.3, -0.25) is 0 Å². The quantitative estimate of drug-likeness (QED) is 0.603. The van der Waals surface area contributed by atoms with Gasteiger partial charge in [-0.2, -0.15) is 0 Å². The van der Waals surface area contributed by atoms with Gasteiger partial charge >= 0.3 is 0 Å². The molecular formula is C16H20Br2N2S. The van der Waals surface area contributed by atoms with Crippen molar-refractivity contribution < 1.29 is 0 Å². The van der Waals surface area contributed by atoms with E-state index in [4.69, 9.17) is 4.98 Å². The summed E-state index contributed by atoms with van der Waals surface area (Å²) in [7, 11) is 0. The first-order valence-electron chi connectivity index (χ1n) is 6.88. The minimum absolute atomic E-state index is 0.103.